The number of carbonyl (C=O) groups is 1. The molecule has 0 bridgehead atoms. The molecule has 1 aliphatic heterocycles. The topological polar surface area (TPSA) is 76.5 Å². The summed E-state index contributed by atoms with van der Waals surface area (Å²) in [7, 11) is 0. The van der Waals surface area contributed by atoms with E-state index in [4.69, 9.17) is 10.2 Å². The molecule has 3 aromatic rings. The van der Waals surface area contributed by atoms with Crippen molar-refractivity contribution in [1.29, 1.82) is 0 Å². The molecule has 1 aromatic heterocycles. The molecule has 156 valence electrons. The Balaban J connectivity index is 0.00000218. The minimum atomic E-state index is -0.0972. The number of likely N-dealkylation sites (tertiary alicyclic amines) is 1. The second-order valence-corrected chi connectivity index (χ2v) is 8.31. The molecule has 2 aromatic carbocycles. The van der Waals surface area contributed by atoms with Crippen LogP contribution in [-0.4, -0.2) is 29.9 Å². The largest absolute Gasteiger partial charge is 0.455 e. The first-order valence-electron chi connectivity index (χ1n) is 10.2. The first-order chi connectivity index (χ1) is 14.0. The smallest absolute Gasteiger partial charge is 0.257 e. The van der Waals surface area contributed by atoms with E-state index in [0.29, 0.717) is 46.2 Å². The second-order valence-electron chi connectivity index (χ2n) is 8.31. The number of hydrogen-bond donors (Lipinski definition) is 1. The van der Waals surface area contributed by atoms with E-state index >= 15 is 0 Å². The number of carbonyl (C=O) groups excluding carboxylic acids is 1. The van der Waals surface area contributed by atoms with Crippen molar-refractivity contribution in [2.24, 2.45) is 17.6 Å². The van der Waals surface area contributed by atoms with Gasteiger partial charge in [0, 0.05) is 30.3 Å². The highest BCUT2D eigenvalue weighted by molar-refractivity contribution is 6.05. The molecule has 1 saturated heterocycles. The van der Waals surface area contributed by atoms with Gasteiger partial charge in [-0.2, -0.15) is 0 Å². The molecular weight excluding hydrogens is 400 g/mol. The number of nitrogens with zero attached hydrogens (tertiary/aromatic N) is 1. The van der Waals surface area contributed by atoms with Crippen LogP contribution in [0, 0.1) is 18.8 Å². The minimum absolute atomic E-state index is 0. The van der Waals surface area contributed by atoms with E-state index in [-0.39, 0.29) is 29.8 Å². The molecule has 2 fully saturated rings. The van der Waals surface area contributed by atoms with Gasteiger partial charge in [-0.25, -0.2) is 0 Å². The van der Waals surface area contributed by atoms with Crippen LogP contribution < -0.4 is 11.2 Å². The Labute approximate surface area is 181 Å². The van der Waals surface area contributed by atoms with Gasteiger partial charge >= 0.3 is 0 Å². The number of nitrogens with two attached hydrogens (primary N) is 1. The van der Waals surface area contributed by atoms with Crippen molar-refractivity contribution in [1.82, 2.24) is 4.90 Å². The van der Waals surface area contributed by atoms with E-state index in [9.17, 15) is 9.59 Å². The molecule has 5 nitrogen and oxygen atoms in total. The summed E-state index contributed by atoms with van der Waals surface area (Å²) < 4.78 is 6.21. The van der Waals surface area contributed by atoms with Gasteiger partial charge in [-0.3, -0.25) is 9.59 Å². The zero-order chi connectivity index (χ0) is 20.1. The van der Waals surface area contributed by atoms with E-state index in [2.05, 4.69) is 0 Å². The number of benzene rings is 2. The molecule has 5 rings (SSSR count). The van der Waals surface area contributed by atoms with Crippen LogP contribution in [0.4, 0.5) is 0 Å². The number of amides is 1. The molecule has 3 atom stereocenters. The third-order valence-electron chi connectivity index (χ3n) is 6.61. The van der Waals surface area contributed by atoms with Crippen molar-refractivity contribution in [3.05, 3.63) is 69.9 Å². The Bertz CT molecular complexity index is 1160. The van der Waals surface area contributed by atoms with Crippen LogP contribution in [0.5, 0.6) is 0 Å². The molecule has 2 N–H and O–H groups in total. The lowest BCUT2D eigenvalue weighted by molar-refractivity contribution is 0.0780. The SMILES string of the molecule is Cc1c(-c2ccccc2)oc2c(C(=O)N3CC4CCC(N)C4C3)cccc2c1=O.Cl. The minimum Gasteiger partial charge on any atom is -0.455 e. The highest BCUT2D eigenvalue weighted by Crippen LogP contribution is 2.38. The van der Waals surface area contributed by atoms with Crippen molar-refractivity contribution >= 4 is 29.3 Å². The van der Waals surface area contributed by atoms with E-state index in [0.717, 1.165) is 24.9 Å². The van der Waals surface area contributed by atoms with Gasteiger partial charge in [-0.05, 0) is 43.7 Å². The first kappa shape index (κ1) is 20.6. The average molecular weight is 425 g/mol. The first-order valence-corrected chi connectivity index (χ1v) is 10.2. The van der Waals surface area contributed by atoms with E-state index < -0.39 is 0 Å². The second kappa shape index (κ2) is 7.89. The van der Waals surface area contributed by atoms with Crippen LogP contribution in [0.15, 0.2) is 57.7 Å². The van der Waals surface area contributed by atoms with E-state index in [1.54, 1.807) is 25.1 Å². The summed E-state index contributed by atoms with van der Waals surface area (Å²) in [5.41, 5.74) is 8.33. The number of halogens is 1. The van der Waals surface area contributed by atoms with Crippen LogP contribution in [0.1, 0.15) is 28.8 Å². The lowest BCUT2D eigenvalue weighted by atomic mass is 9.98. The van der Waals surface area contributed by atoms with Gasteiger partial charge in [0.05, 0.1) is 10.9 Å². The predicted octanol–water partition coefficient (Wildman–Crippen LogP) is 4.00. The summed E-state index contributed by atoms with van der Waals surface area (Å²) in [5.74, 6) is 1.30. The molecule has 3 unspecified atom stereocenters. The van der Waals surface area contributed by atoms with Crippen molar-refractivity contribution in [2.75, 3.05) is 13.1 Å². The zero-order valence-corrected chi connectivity index (χ0v) is 17.7. The quantitative estimate of drug-likeness (QED) is 0.674. The summed E-state index contributed by atoms with van der Waals surface area (Å²) in [6, 6.07) is 15.0. The Morgan fingerprint density at radius 1 is 1.07 bits per heavy atom. The Morgan fingerprint density at radius 2 is 1.83 bits per heavy atom. The van der Waals surface area contributed by atoms with Crippen LogP contribution in [-0.2, 0) is 0 Å². The Kier molecular flexibility index (Phi) is 5.43. The maximum Gasteiger partial charge on any atom is 0.257 e. The van der Waals surface area contributed by atoms with Gasteiger partial charge in [0.2, 0.25) is 0 Å². The van der Waals surface area contributed by atoms with Crippen LogP contribution in [0.25, 0.3) is 22.3 Å². The van der Waals surface area contributed by atoms with Gasteiger partial charge in [0.15, 0.2) is 11.0 Å². The maximum absolute atomic E-state index is 13.4. The Morgan fingerprint density at radius 3 is 2.57 bits per heavy atom. The van der Waals surface area contributed by atoms with Crippen molar-refractivity contribution < 1.29 is 9.21 Å². The predicted molar refractivity (Wildman–Crippen MR) is 120 cm³/mol. The molecule has 1 aliphatic carbocycles. The molecule has 0 spiro atoms. The lowest BCUT2D eigenvalue weighted by Crippen LogP contribution is -2.33. The van der Waals surface area contributed by atoms with Crippen molar-refractivity contribution in [3.63, 3.8) is 0 Å². The molecule has 0 radical (unpaired) electrons. The third-order valence-corrected chi connectivity index (χ3v) is 6.61. The summed E-state index contributed by atoms with van der Waals surface area (Å²) in [6.07, 6.45) is 2.12. The Hall–Kier alpha value is -2.63. The van der Waals surface area contributed by atoms with Gasteiger partial charge in [-0.15, -0.1) is 12.4 Å². The van der Waals surface area contributed by atoms with E-state index in [1.807, 2.05) is 35.2 Å². The lowest BCUT2D eigenvalue weighted by Gasteiger charge is -2.19. The number of para-hydroxylation sites is 1. The zero-order valence-electron chi connectivity index (χ0n) is 16.8. The van der Waals surface area contributed by atoms with Gasteiger partial charge in [0.25, 0.3) is 5.91 Å². The molecule has 2 aliphatic rings. The molecular formula is C24H25ClN2O3. The average Bonchev–Trinajstić information content (AvgIpc) is 3.32. The molecule has 1 amide bonds. The molecule has 6 heteroatoms. The van der Waals surface area contributed by atoms with Crippen LogP contribution in [0.3, 0.4) is 0 Å². The van der Waals surface area contributed by atoms with Crippen LogP contribution in [0.2, 0.25) is 0 Å². The van der Waals surface area contributed by atoms with Crippen molar-refractivity contribution in [3.8, 4) is 11.3 Å². The van der Waals surface area contributed by atoms with Crippen molar-refractivity contribution in [2.45, 2.75) is 25.8 Å². The molecule has 30 heavy (non-hydrogen) atoms. The van der Waals surface area contributed by atoms with Gasteiger partial charge in [0.1, 0.15) is 5.76 Å². The summed E-state index contributed by atoms with van der Waals surface area (Å²) in [4.78, 5) is 28.3. The number of rotatable bonds is 2. The molecule has 1 saturated carbocycles. The normalized spacial score (nSPS) is 22.7. The fourth-order valence-electron chi connectivity index (χ4n) is 4.99. The van der Waals surface area contributed by atoms with Crippen LogP contribution >= 0.6 is 12.4 Å². The summed E-state index contributed by atoms with van der Waals surface area (Å²) >= 11 is 0. The number of fused-ring (bicyclic) bond motifs is 2. The highest BCUT2D eigenvalue weighted by Gasteiger charge is 2.43. The third kappa shape index (κ3) is 3.22. The van der Waals surface area contributed by atoms with Gasteiger partial charge < -0.3 is 15.1 Å². The monoisotopic (exact) mass is 424 g/mol. The maximum atomic E-state index is 13.4. The van der Waals surface area contributed by atoms with E-state index in [1.165, 1.54) is 0 Å². The fraction of sp³-hybridized carbons (Fsp3) is 0.333. The molecule has 2 heterocycles. The van der Waals surface area contributed by atoms with Gasteiger partial charge in [-0.1, -0.05) is 36.4 Å². The standard InChI is InChI=1S/C24H24N2O3.ClH/c1-14-21(27)17-8-5-9-18(23(17)29-22(14)15-6-3-2-4-7-15)24(28)26-12-16-10-11-20(25)19(16)13-26;/h2-9,16,19-20H,10-13,25H2,1H3;1H. The fourth-order valence-corrected chi connectivity index (χ4v) is 4.99. The summed E-state index contributed by atoms with van der Waals surface area (Å²) in [6.45, 7) is 3.18. The summed E-state index contributed by atoms with van der Waals surface area (Å²) in [5, 5.41) is 0.448. The highest BCUT2D eigenvalue weighted by atomic mass is 35.5. The number of hydrogen-bond acceptors (Lipinski definition) is 4.